The molecule has 0 heterocycles. The molecule has 0 spiro atoms. The summed E-state index contributed by atoms with van der Waals surface area (Å²) in [5, 5.41) is 1.20. The minimum atomic E-state index is 1.09. The van der Waals surface area contributed by atoms with Gasteiger partial charge in [0.2, 0.25) is 0 Å². The van der Waals surface area contributed by atoms with Crippen LogP contribution in [0.1, 0.15) is 38.5 Å². The zero-order valence-electron chi connectivity index (χ0n) is 5.91. The van der Waals surface area contributed by atoms with Crippen molar-refractivity contribution in [2.24, 2.45) is 5.92 Å². The number of hydrogen-bond acceptors (Lipinski definition) is 0. The average molecular weight is 191 g/mol. The van der Waals surface area contributed by atoms with Crippen molar-refractivity contribution in [3.8, 4) is 0 Å². The van der Waals surface area contributed by atoms with Gasteiger partial charge in [0.05, 0.1) is 0 Å². The van der Waals surface area contributed by atoms with Gasteiger partial charge in [0.15, 0.2) is 0 Å². The minimum absolute atomic E-state index is 1.09. The minimum Gasteiger partial charge on any atom is -0.0928 e. The Hall–Kier alpha value is 0.480. The van der Waals surface area contributed by atoms with Gasteiger partial charge in [-0.05, 0) is 18.8 Å². The number of rotatable bonds is 3. The Kier molecular flexibility index (Phi) is 3.64. The van der Waals surface area contributed by atoms with E-state index in [-0.39, 0.29) is 0 Å². The maximum Gasteiger partial charge on any atom is 0.00314 e. The van der Waals surface area contributed by atoms with Gasteiger partial charge in [-0.3, -0.25) is 0 Å². The van der Waals surface area contributed by atoms with E-state index in [1.807, 2.05) is 0 Å². The first kappa shape index (κ1) is 7.59. The van der Waals surface area contributed by atoms with Gasteiger partial charge in [0.25, 0.3) is 0 Å². The van der Waals surface area contributed by atoms with Gasteiger partial charge >= 0.3 is 0 Å². The van der Waals surface area contributed by atoms with E-state index >= 15 is 0 Å². The van der Waals surface area contributed by atoms with E-state index in [0.717, 1.165) is 5.92 Å². The monoisotopic (exact) mass is 190 g/mol. The van der Waals surface area contributed by atoms with Crippen LogP contribution in [0.2, 0.25) is 0 Å². The lowest BCUT2D eigenvalue weighted by Crippen LogP contribution is -1.92. The fraction of sp³-hybridized carbons (Fsp3) is 1.00. The largest absolute Gasteiger partial charge is 0.0928 e. The van der Waals surface area contributed by atoms with Crippen LogP contribution in [0.25, 0.3) is 0 Å². The van der Waals surface area contributed by atoms with Crippen LogP contribution >= 0.6 is 15.9 Å². The van der Waals surface area contributed by atoms with Crippen LogP contribution in [0.5, 0.6) is 0 Å². The first-order chi connectivity index (χ1) is 4.43. The second-order valence-electron chi connectivity index (χ2n) is 2.98. The molecule has 0 aromatic carbocycles. The Balaban J connectivity index is 1.98. The van der Waals surface area contributed by atoms with E-state index < -0.39 is 0 Å². The van der Waals surface area contributed by atoms with Crippen molar-refractivity contribution in [2.45, 2.75) is 38.5 Å². The topological polar surface area (TPSA) is 0 Å². The Labute approximate surface area is 66.2 Å². The summed E-state index contributed by atoms with van der Waals surface area (Å²) < 4.78 is 0. The van der Waals surface area contributed by atoms with Gasteiger partial charge in [-0.15, -0.1) is 0 Å². The number of halogens is 1. The molecule has 1 aliphatic carbocycles. The molecule has 0 aliphatic heterocycles. The molecule has 0 bridgehead atoms. The highest BCUT2D eigenvalue weighted by atomic mass is 79.9. The lowest BCUT2D eigenvalue weighted by molar-refractivity contribution is 0.499. The molecule has 1 saturated carbocycles. The summed E-state index contributed by atoms with van der Waals surface area (Å²) in [6.07, 6.45) is 8.84. The van der Waals surface area contributed by atoms with Crippen molar-refractivity contribution in [3.63, 3.8) is 0 Å². The summed E-state index contributed by atoms with van der Waals surface area (Å²) in [5.74, 6) is 1.09. The highest BCUT2D eigenvalue weighted by Crippen LogP contribution is 2.28. The molecule has 1 heteroatoms. The molecule has 54 valence electrons. The van der Waals surface area contributed by atoms with E-state index in [2.05, 4.69) is 15.9 Å². The van der Waals surface area contributed by atoms with E-state index in [9.17, 15) is 0 Å². The summed E-state index contributed by atoms with van der Waals surface area (Å²) in [7, 11) is 0. The van der Waals surface area contributed by atoms with Crippen molar-refractivity contribution in [3.05, 3.63) is 0 Å². The number of hydrogen-bond donors (Lipinski definition) is 0. The van der Waals surface area contributed by atoms with Gasteiger partial charge in [-0.1, -0.05) is 41.6 Å². The molecule has 0 amide bonds. The Morgan fingerprint density at radius 1 is 1.22 bits per heavy atom. The normalized spacial score (nSPS) is 21.0. The maximum absolute atomic E-state index is 3.46. The molecular formula is C8H15Br. The standard InChI is InChI=1S/C8H15Br/c9-7-3-6-8-4-1-2-5-8/h8H,1-7H2. The highest BCUT2D eigenvalue weighted by Gasteiger charge is 2.13. The summed E-state index contributed by atoms with van der Waals surface area (Å²) in [6, 6.07) is 0. The smallest absolute Gasteiger partial charge is 0.00314 e. The Bertz CT molecular complexity index is 65.0. The quantitative estimate of drug-likeness (QED) is 0.600. The molecular weight excluding hydrogens is 176 g/mol. The van der Waals surface area contributed by atoms with Crippen molar-refractivity contribution in [2.75, 3.05) is 5.33 Å². The summed E-state index contributed by atoms with van der Waals surface area (Å²) >= 11 is 3.46. The molecule has 0 radical (unpaired) electrons. The van der Waals surface area contributed by atoms with Gasteiger partial charge in [-0.2, -0.15) is 0 Å². The van der Waals surface area contributed by atoms with E-state index in [1.165, 1.54) is 43.9 Å². The van der Waals surface area contributed by atoms with Gasteiger partial charge in [0, 0.05) is 5.33 Å². The Morgan fingerprint density at radius 2 is 1.89 bits per heavy atom. The van der Waals surface area contributed by atoms with Crippen molar-refractivity contribution in [1.82, 2.24) is 0 Å². The first-order valence-corrected chi connectivity index (χ1v) is 5.11. The predicted molar refractivity (Wildman–Crippen MR) is 45.0 cm³/mol. The van der Waals surface area contributed by atoms with Crippen molar-refractivity contribution in [1.29, 1.82) is 0 Å². The fourth-order valence-corrected chi connectivity index (χ4v) is 1.99. The van der Waals surface area contributed by atoms with Crippen LogP contribution in [0.4, 0.5) is 0 Å². The maximum atomic E-state index is 3.46. The Morgan fingerprint density at radius 3 is 2.44 bits per heavy atom. The molecule has 1 fully saturated rings. The molecule has 0 aromatic heterocycles. The molecule has 1 aliphatic rings. The van der Waals surface area contributed by atoms with Gasteiger partial charge < -0.3 is 0 Å². The third-order valence-corrected chi connectivity index (χ3v) is 2.78. The van der Waals surface area contributed by atoms with E-state index in [0.29, 0.717) is 0 Å². The SMILES string of the molecule is BrCCCC1CCCC1. The van der Waals surface area contributed by atoms with Gasteiger partial charge in [-0.25, -0.2) is 0 Å². The summed E-state index contributed by atoms with van der Waals surface area (Å²) in [5.41, 5.74) is 0. The second-order valence-corrected chi connectivity index (χ2v) is 3.77. The van der Waals surface area contributed by atoms with Crippen LogP contribution in [0, 0.1) is 5.92 Å². The lowest BCUT2D eigenvalue weighted by Gasteiger charge is -2.04. The molecule has 0 nitrogen and oxygen atoms in total. The molecule has 0 N–H and O–H groups in total. The van der Waals surface area contributed by atoms with Crippen LogP contribution < -0.4 is 0 Å². The van der Waals surface area contributed by atoms with E-state index in [1.54, 1.807) is 0 Å². The number of alkyl halides is 1. The molecule has 0 saturated heterocycles. The van der Waals surface area contributed by atoms with Crippen LogP contribution in [0.15, 0.2) is 0 Å². The molecule has 0 aromatic rings. The molecule has 1 rings (SSSR count). The van der Waals surface area contributed by atoms with Crippen LogP contribution in [-0.2, 0) is 0 Å². The van der Waals surface area contributed by atoms with Gasteiger partial charge in [0.1, 0.15) is 0 Å². The van der Waals surface area contributed by atoms with Crippen molar-refractivity contribution < 1.29 is 0 Å². The molecule has 0 atom stereocenters. The zero-order valence-corrected chi connectivity index (χ0v) is 7.49. The lowest BCUT2D eigenvalue weighted by atomic mass is 10.0. The van der Waals surface area contributed by atoms with E-state index in [4.69, 9.17) is 0 Å². The third-order valence-electron chi connectivity index (χ3n) is 2.22. The average Bonchev–Trinajstić information content (AvgIpc) is 2.34. The van der Waals surface area contributed by atoms with Crippen LogP contribution in [0.3, 0.4) is 0 Å². The molecule has 9 heavy (non-hydrogen) atoms. The van der Waals surface area contributed by atoms with Crippen molar-refractivity contribution >= 4 is 15.9 Å². The first-order valence-electron chi connectivity index (χ1n) is 3.99. The second kappa shape index (κ2) is 4.32. The molecule has 0 unspecified atom stereocenters. The predicted octanol–water partition coefficient (Wildman–Crippen LogP) is 3.35. The third kappa shape index (κ3) is 2.70. The highest BCUT2D eigenvalue weighted by molar-refractivity contribution is 9.09. The summed E-state index contributed by atoms with van der Waals surface area (Å²) in [4.78, 5) is 0. The fourth-order valence-electron chi connectivity index (χ4n) is 1.66. The van der Waals surface area contributed by atoms with Crippen LogP contribution in [-0.4, -0.2) is 5.33 Å². The zero-order chi connectivity index (χ0) is 6.53. The summed E-state index contributed by atoms with van der Waals surface area (Å²) in [6.45, 7) is 0.